The topological polar surface area (TPSA) is 54.9 Å². The highest BCUT2D eigenvalue weighted by atomic mass is 32.1. The maximum atomic E-state index is 11.6. The molecule has 2 aromatic heterocycles. The van der Waals surface area contributed by atoms with Crippen molar-refractivity contribution in [3.63, 3.8) is 0 Å². The normalized spacial score (nSPS) is 10.2. The molecule has 0 spiro atoms. The fourth-order valence-electron chi connectivity index (χ4n) is 1.76. The molecule has 0 radical (unpaired) electrons. The van der Waals surface area contributed by atoms with Crippen LogP contribution in [0.2, 0.25) is 0 Å². The van der Waals surface area contributed by atoms with Gasteiger partial charge in [-0.3, -0.25) is 9.78 Å². The predicted molar refractivity (Wildman–Crippen MR) is 80.7 cm³/mol. The van der Waals surface area contributed by atoms with Crippen LogP contribution in [0.1, 0.15) is 16.3 Å². The minimum absolute atomic E-state index is 0.0177. The molecule has 0 aliphatic heterocycles. The van der Waals surface area contributed by atoms with Crippen LogP contribution in [-0.2, 0) is 24.1 Å². The average Bonchev–Trinajstić information content (AvgIpc) is 2.91. The van der Waals surface area contributed by atoms with E-state index in [1.807, 2.05) is 17.5 Å². The Hall–Kier alpha value is -2.01. The fraction of sp³-hybridized carbons (Fsp3) is 0.267. The van der Waals surface area contributed by atoms with Crippen LogP contribution in [0.15, 0.2) is 42.6 Å². The Morgan fingerprint density at radius 1 is 1.35 bits per heavy atom. The summed E-state index contributed by atoms with van der Waals surface area (Å²) in [6, 6.07) is 4.02. The van der Waals surface area contributed by atoms with E-state index in [1.54, 1.807) is 29.8 Å². The van der Waals surface area contributed by atoms with Crippen molar-refractivity contribution >= 4 is 17.2 Å². The summed E-state index contributed by atoms with van der Waals surface area (Å²) < 4.78 is 0. The first-order valence-electron chi connectivity index (χ1n) is 6.47. The highest BCUT2D eigenvalue weighted by Gasteiger charge is 2.07. The Kier molecular flexibility index (Phi) is 5.43. The molecule has 4 nitrogen and oxygen atoms in total. The van der Waals surface area contributed by atoms with Crippen molar-refractivity contribution < 1.29 is 4.79 Å². The molecule has 0 aliphatic carbocycles. The monoisotopic (exact) mass is 287 g/mol. The minimum Gasteiger partial charge on any atom is -0.352 e. The van der Waals surface area contributed by atoms with E-state index in [2.05, 4.69) is 21.9 Å². The maximum absolute atomic E-state index is 11.6. The van der Waals surface area contributed by atoms with Gasteiger partial charge < -0.3 is 5.32 Å². The van der Waals surface area contributed by atoms with Crippen molar-refractivity contribution in [1.29, 1.82) is 0 Å². The van der Waals surface area contributed by atoms with E-state index in [1.165, 1.54) is 5.56 Å². The standard InChI is InChI=1S/C15H17N3OS/c1-2-7-17-14(19)10-13-11-20-15(18-13)4-3-12-5-8-16-9-6-12/h2,5-6,8-9,11H,1,3-4,7,10H2,(H,17,19). The molecule has 0 saturated heterocycles. The van der Waals surface area contributed by atoms with Gasteiger partial charge in [-0.1, -0.05) is 6.08 Å². The molecular weight excluding hydrogens is 270 g/mol. The molecule has 0 aromatic carbocycles. The highest BCUT2D eigenvalue weighted by molar-refractivity contribution is 7.09. The lowest BCUT2D eigenvalue weighted by Gasteiger charge is -1.99. The Morgan fingerprint density at radius 2 is 2.15 bits per heavy atom. The SMILES string of the molecule is C=CCNC(=O)Cc1csc(CCc2ccncc2)n1. The molecule has 1 amide bonds. The first-order chi connectivity index (χ1) is 9.78. The third-order valence-electron chi connectivity index (χ3n) is 2.76. The van der Waals surface area contributed by atoms with E-state index in [0.717, 1.165) is 23.5 Å². The first-order valence-corrected chi connectivity index (χ1v) is 7.35. The van der Waals surface area contributed by atoms with Gasteiger partial charge in [0.2, 0.25) is 5.91 Å². The zero-order valence-corrected chi connectivity index (χ0v) is 12.0. The van der Waals surface area contributed by atoms with E-state index in [0.29, 0.717) is 13.0 Å². The Balaban J connectivity index is 1.83. The smallest absolute Gasteiger partial charge is 0.226 e. The number of carbonyl (C=O) groups is 1. The van der Waals surface area contributed by atoms with Crippen LogP contribution < -0.4 is 5.32 Å². The lowest BCUT2D eigenvalue weighted by atomic mass is 10.1. The molecule has 20 heavy (non-hydrogen) atoms. The molecule has 1 N–H and O–H groups in total. The molecule has 2 rings (SSSR count). The van der Waals surface area contributed by atoms with Crippen LogP contribution in [0.3, 0.4) is 0 Å². The fourth-order valence-corrected chi connectivity index (χ4v) is 2.56. The van der Waals surface area contributed by atoms with E-state index in [-0.39, 0.29) is 5.91 Å². The number of pyridine rings is 1. The van der Waals surface area contributed by atoms with Crippen molar-refractivity contribution in [3.05, 3.63) is 58.8 Å². The molecule has 0 fully saturated rings. The average molecular weight is 287 g/mol. The Labute approximate surface area is 122 Å². The van der Waals surface area contributed by atoms with Gasteiger partial charge in [0.15, 0.2) is 0 Å². The summed E-state index contributed by atoms with van der Waals surface area (Å²) in [6.45, 7) is 4.06. The molecule has 0 atom stereocenters. The lowest BCUT2D eigenvalue weighted by molar-refractivity contribution is -0.120. The van der Waals surface area contributed by atoms with Crippen molar-refractivity contribution in [2.75, 3.05) is 6.54 Å². The van der Waals surface area contributed by atoms with Crippen molar-refractivity contribution in [3.8, 4) is 0 Å². The summed E-state index contributed by atoms with van der Waals surface area (Å²) in [5.41, 5.74) is 2.08. The third kappa shape index (κ3) is 4.59. The van der Waals surface area contributed by atoms with Crippen LogP contribution in [0.5, 0.6) is 0 Å². The summed E-state index contributed by atoms with van der Waals surface area (Å²) >= 11 is 1.61. The first kappa shape index (κ1) is 14.4. The number of nitrogens with one attached hydrogen (secondary N) is 1. The summed E-state index contributed by atoms with van der Waals surface area (Å²) in [7, 11) is 0. The van der Waals surface area contributed by atoms with E-state index in [4.69, 9.17) is 0 Å². The van der Waals surface area contributed by atoms with Gasteiger partial charge >= 0.3 is 0 Å². The number of hydrogen-bond acceptors (Lipinski definition) is 4. The van der Waals surface area contributed by atoms with Gasteiger partial charge in [-0.15, -0.1) is 17.9 Å². The van der Waals surface area contributed by atoms with Crippen LogP contribution in [-0.4, -0.2) is 22.4 Å². The number of hydrogen-bond donors (Lipinski definition) is 1. The van der Waals surface area contributed by atoms with Gasteiger partial charge in [0.1, 0.15) is 0 Å². The van der Waals surface area contributed by atoms with Crippen molar-refractivity contribution in [2.24, 2.45) is 0 Å². The van der Waals surface area contributed by atoms with Crippen molar-refractivity contribution in [1.82, 2.24) is 15.3 Å². The number of nitrogens with zero attached hydrogens (tertiary/aromatic N) is 2. The second kappa shape index (κ2) is 7.55. The summed E-state index contributed by atoms with van der Waals surface area (Å²) in [5, 5.41) is 5.77. The van der Waals surface area contributed by atoms with Gasteiger partial charge in [0.25, 0.3) is 0 Å². The third-order valence-corrected chi connectivity index (χ3v) is 3.72. The number of aromatic nitrogens is 2. The van der Waals surface area contributed by atoms with Crippen molar-refractivity contribution in [2.45, 2.75) is 19.3 Å². The van der Waals surface area contributed by atoms with Gasteiger partial charge in [0.05, 0.1) is 17.1 Å². The Bertz CT molecular complexity index is 566. The van der Waals surface area contributed by atoms with Crippen LogP contribution >= 0.6 is 11.3 Å². The number of aryl methyl sites for hydroxylation is 2. The zero-order chi connectivity index (χ0) is 14.2. The van der Waals surface area contributed by atoms with E-state index in [9.17, 15) is 4.79 Å². The van der Waals surface area contributed by atoms with Gasteiger partial charge in [-0.2, -0.15) is 0 Å². The van der Waals surface area contributed by atoms with Crippen LogP contribution in [0.25, 0.3) is 0 Å². The molecular formula is C15H17N3OS. The quantitative estimate of drug-likeness (QED) is 0.794. The number of amides is 1. The molecule has 104 valence electrons. The molecule has 2 aromatic rings. The number of thiazole rings is 1. The summed E-state index contributed by atoms with van der Waals surface area (Å²) in [6.07, 6.45) is 7.43. The molecule has 2 heterocycles. The molecule has 0 bridgehead atoms. The van der Waals surface area contributed by atoms with Crippen LogP contribution in [0, 0.1) is 0 Å². The Morgan fingerprint density at radius 3 is 2.90 bits per heavy atom. The number of rotatable bonds is 7. The second-order valence-electron chi connectivity index (χ2n) is 4.36. The largest absolute Gasteiger partial charge is 0.352 e. The summed E-state index contributed by atoms with van der Waals surface area (Å²) in [5.74, 6) is -0.0177. The molecule has 0 aliphatic rings. The predicted octanol–water partition coefficient (Wildman–Crippen LogP) is 2.17. The summed E-state index contributed by atoms with van der Waals surface area (Å²) in [4.78, 5) is 20.0. The van der Waals surface area contributed by atoms with Gasteiger partial charge in [-0.05, 0) is 24.1 Å². The zero-order valence-electron chi connectivity index (χ0n) is 11.2. The molecule has 5 heteroatoms. The second-order valence-corrected chi connectivity index (χ2v) is 5.30. The lowest BCUT2D eigenvalue weighted by Crippen LogP contribution is -2.25. The van der Waals surface area contributed by atoms with Gasteiger partial charge in [0, 0.05) is 30.7 Å². The highest BCUT2D eigenvalue weighted by Crippen LogP contribution is 2.13. The number of carbonyl (C=O) groups excluding carboxylic acids is 1. The minimum atomic E-state index is -0.0177. The van der Waals surface area contributed by atoms with Crippen LogP contribution in [0.4, 0.5) is 0 Å². The van der Waals surface area contributed by atoms with Gasteiger partial charge in [-0.25, -0.2) is 4.98 Å². The maximum Gasteiger partial charge on any atom is 0.226 e. The molecule has 0 unspecified atom stereocenters. The van der Waals surface area contributed by atoms with E-state index >= 15 is 0 Å². The molecule has 0 saturated carbocycles. The van der Waals surface area contributed by atoms with E-state index < -0.39 is 0 Å².